The average molecular weight is 687 g/mol. The van der Waals surface area contributed by atoms with Crippen LogP contribution in [0.2, 0.25) is 15.1 Å². The highest BCUT2D eigenvalue weighted by molar-refractivity contribution is 7.92. The van der Waals surface area contributed by atoms with E-state index < -0.39 is 28.5 Å². The van der Waals surface area contributed by atoms with Crippen molar-refractivity contribution >= 4 is 62.3 Å². The summed E-state index contributed by atoms with van der Waals surface area (Å²) in [6.07, 6.45) is 0.864. The van der Waals surface area contributed by atoms with Gasteiger partial charge in [-0.05, 0) is 66.9 Å². The molecule has 45 heavy (non-hydrogen) atoms. The number of carbonyl (C=O) groups excluding carboxylic acids is 2. The monoisotopic (exact) mass is 685 g/mol. The van der Waals surface area contributed by atoms with Gasteiger partial charge >= 0.3 is 0 Å². The number of sulfonamides is 1. The van der Waals surface area contributed by atoms with Gasteiger partial charge in [0.1, 0.15) is 12.6 Å². The van der Waals surface area contributed by atoms with Crippen LogP contribution < -0.4 is 9.62 Å². The highest BCUT2D eigenvalue weighted by atomic mass is 35.5. The van der Waals surface area contributed by atoms with Crippen LogP contribution >= 0.6 is 34.8 Å². The number of halogens is 3. The minimum Gasteiger partial charge on any atom is -0.354 e. The van der Waals surface area contributed by atoms with E-state index in [-0.39, 0.29) is 29.5 Å². The van der Waals surface area contributed by atoms with Crippen molar-refractivity contribution in [2.24, 2.45) is 0 Å². The second-order valence-corrected chi connectivity index (χ2v) is 13.6. The predicted molar refractivity (Wildman–Crippen MR) is 181 cm³/mol. The van der Waals surface area contributed by atoms with Crippen molar-refractivity contribution in [2.75, 3.05) is 17.4 Å². The van der Waals surface area contributed by atoms with Crippen LogP contribution in [0.1, 0.15) is 30.0 Å². The molecule has 4 rings (SSSR count). The highest BCUT2D eigenvalue weighted by Gasteiger charge is 2.35. The second-order valence-electron chi connectivity index (χ2n) is 10.5. The Hall–Kier alpha value is -3.56. The molecule has 11 heteroatoms. The lowest BCUT2D eigenvalue weighted by molar-refractivity contribution is -0.140. The van der Waals surface area contributed by atoms with E-state index in [1.165, 1.54) is 17.0 Å². The van der Waals surface area contributed by atoms with Gasteiger partial charge in [-0.25, -0.2) is 8.42 Å². The Bertz CT molecular complexity index is 1720. The van der Waals surface area contributed by atoms with E-state index in [0.29, 0.717) is 39.2 Å². The predicted octanol–water partition coefficient (Wildman–Crippen LogP) is 7.32. The third-order valence-electron chi connectivity index (χ3n) is 7.25. The summed E-state index contributed by atoms with van der Waals surface area (Å²) >= 11 is 19.3. The Labute approximate surface area is 279 Å². The molecule has 0 aliphatic carbocycles. The number of hydrogen-bond donors (Lipinski definition) is 1. The van der Waals surface area contributed by atoms with E-state index >= 15 is 0 Å². The molecule has 1 N–H and O–H groups in total. The summed E-state index contributed by atoms with van der Waals surface area (Å²) in [5.41, 5.74) is 2.09. The zero-order valence-electron chi connectivity index (χ0n) is 24.9. The maximum atomic E-state index is 14.5. The van der Waals surface area contributed by atoms with Gasteiger partial charge in [-0.1, -0.05) is 96.3 Å². The number of rotatable bonds is 13. The number of anilines is 1. The minimum atomic E-state index is -4.24. The van der Waals surface area contributed by atoms with Crippen LogP contribution in [0.25, 0.3) is 0 Å². The van der Waals surface area contributed by atoms with E-state index in [4.69, 9.17) is 34.8 Å². The standard InChI is InChI=1S/C34H34Cl3N3O4S/c1-3-19-38-34(42)32(21-25-11-6-4-7-12-25)39(22-28-29(36)15-10-16-30(28)37)33(41)23-40(31-18-17-26(35)20-24(31)2)45(43,44)27-13-8-5-9-14-27/h4-18,20,32H,3,19,21-23H2,1-2H3,(H,38,42)/t32-/m1/s1. The number of carbonyl (C=O) groups is 2. The molecule has 0 unspecified atom stereocenters. The second kappa shape index (κ2) is 15.6. The first-order chi connectivity index (χ1) is 21.5. The maximum Gasteiger partial charge on any atom is 0.264 e. The summed E-state index contributed by atoms with van der Waals surface area (Å²) in [7, 11) is -4.24. The van der Waals surface area contributed by atoms with Crippen LogP contribution in [0.4, 0.5) is 5.69 Å². The van der Waals surface area contributed by atoms with E-state index in [9.17, 15) is 18.0 Å². The topological polar surface area (TPSA) is 86.8 Å². The average Bonchev–Trinajstić information content (AvgIpc) is 3.02. The van der Waals surface area contributed by atoms with Gasteiger partial charge in [0.15, 0.2) is 0 Å². The molecule has 0 saturated carbocycles. The van der Waals surface area contributed by atoms with Gasteiger partial charge in [0.05, 0.1) is 10.6 Å². The molecule has 4 aromatic rings. The summed E-state index contributed by atoms with van der Waals surface area (Å²) in [6.45, 7) is 3.31. The largest absolute Gasteiger partial charge is 0.354 e. The molecular weight excluding hydrogens is 653 g/mol. The smallest absolute Gasteiger partial charge is 0.264 e. The maximum absolute atomic E-state index is 14.5. The van der Waals surface area contributed by atoms with Crippen LogP contribution in [0.15, 0.2) is 102 Å². The summed E-state index contributed by atoms with van der Waals surface area (Å²) in [6, 6.07) is 25.9. The fourth-order valence-electron chi connectivity index (χ4n) is 4.91. The SMILES string of the molecule is CCCNC(=O)[C@@H](Cc1ccccc1)N(Cc1c(Cl)cccc1Cl)C(=O)CN(c1ccc(Cl)cc1C)S(=O)(=O)c1ccccc1. The fraction of sp³-hybridized carbons (Fsp3) is 0.235. The zero-order chi connectivity index (χ0) is 32.6. The van der Waals surface area contributed by atoms with Crippen LogP contribution in [0.5, 0.6) is 0 Å². The van der Waals surface area contributed by atoms with Gasteiger partial charge in [-0.2, -0.15) is 0 Å². The minimum absolute atomic E-state index is 0.00868. The molecule has 1 atom stereocenters. The molecule has 4 aromatic carbocycles. The molecule has 0 saturated heterocycles. The number of nitrogens with zero attached hydrogens (tertiary/aromatic N) is 2. The summed E-state index contributed by atoms with van der Waals surface area (Å²) in [5.74, 6) is -0.996. The quantitative estimate of drug-likeness (QED) is 0.160. The first kappa shape index (κ1) is 34.3. The Balaban J connectivity index is 1.85. The fourth-order valence-corrected chi connectivity index (χ4v) is 7.15. The molecule has 0 radical (unpaired) electrons. The highest BCUT2D eigenvalue weighted by Crippen LogP contribution is 2.31. The van der Waals surface area contributed by atoms with Crippen molar-refractivity contribution in [1.29, 1.82) is 0 Å². The van der Waals surface area contributed by atoms with E-state index in [2.05, 4.69) is 5.32 Å². The third kappa shape index (κ3) is 8.58. The van der Waals surface area contributed by atoms with Gasteiger partial charge in [0.25, 0.3) is 10.0 Å². The summed E-state index contributed by atoms with van der Waals surface area (Å²) < 4.78 is 29.3. The number of aryl methyl sites for hydroxylation is 1. The zero-order valence-corrected chi connectivity index (χ0v) is 28.0. The van der Waals surface area contributed by atoms with Crippen molar-refractivity contribution in [3.05, 3.63) is 129 Å². The van der Waals surface area contributed by atoms with Crippen molar-refractivity contribution in [2.45, 2.75) is 44.2 Å². The van der Waals surface area contributed by atoms with Gasteiger partial charge in [0.2, 0.25) is 11.8 Å². The molecule has 0 aliphatic rings. The normalized spacial score (nSPS) is 11.9. The number of hydrogen-bond acceptors (Lipinski definition) is 4. The van der Waals surface area contributed by atoms with Gasteiger partial charge < -0.3 is 10.2 Å². The van der Waals surface area contributed by atoms with Gasteiger partial charge in [0, 0.05) is 40.1 Å². The van der Waals surface area contributed by atoms with Crippen LogP contribution in [-0.2, 0) is 32.6 Å². The van der Waals surface area contributed by atoms with Gasteiger partial charge in [-0.15, -0.1) is 0 Å². The van der Waals surface area contributed by atoms with Crippen molar-refractivity contribution in [1.82, 2.24) is 10.2 Å². The first-order valence-electron chi connectivity index (χ1n) is 14.4. The van der Waals surface area contributed by atoms with E-state index in [0.717, 1.165) is 9.87 Å². The number of benzene rings is 4. The van der Waals surface area contributed by atoms with E-state index in [1.807, 2.05) is 37.3 Å². The third-order valence-corrected chi connectivity index (χ3v) is 9.97. The first-order valence-corrected chi connectivity index (χ1v) is 17.0. The molecule has 0 heterocycles. The Morgan fingerprint density at radius 3 is 2.07 bits per heavy atom. The lowest BCUT2D eigenvalue weighted by Crippen LogP contribution is -2.53. The molecule has 0 fully saturated rings. The van der Waals surface area contributed by atoms with Crippen molar-refractivity contribution in [3.8, 4) is 0 Å². The van der Waals surface area contributed by atoms with Crippen LogP contribution in [0, 0.1) is 6.92 Å². The van der Waals surface area contributed by atoms with Crippen molar-refractivity contribution in [3.63, 3.8) is 0 Å². The molecule has 2 amide bonds. The molecule has 0 aliphatic heterocycles. The number of nitrogens with one attached hydrogen (secondary N) is 1. The van der Waals surface area contributed by atoms with Crippen molar-refractivity contribution < 1.29 is 18.0 Å². The molecule has 0 spiro atoms. The summed E-state index contributed by atoms with van der Waals surface area (Å²) in [5, 5.41) is 3.97. The Kier molecular flexibility index (Phi) is 11.9. The molecular formula is C34H34Cl3N3O4S. The lowest BCUT2D eigenvalue weighted by atomic mass is 10.0. The van der Waals surface area contributed by atoms with E-state index in [1.54, 1.807) is 61.5 Å². The van der Waals surface area contributed by atoms with Crippen LogP contribution in [-0.4, -0.2) is 44.3 Å². The summed E-state index contributed by atoms with van der Waals surface area (Å²) in [4.78, 5) is 29.7. The Morgan fingerprint density at radius 1 is 0.844 bits per heavy atom. The molecule has 236 valence electrons. The molecule has 0 bridgehead atoms. The number of amides is 2. The van der Waals surface area contributed by atoms with Gasteiger partial charge in [-0.3, -0.25) is 13.9 Å². The Morgan fingerprint density at radius 2 is 1.47 bits per heavy atom. The van der Waals surface area contributed by atoms with Crippen LogP contribution in [0.3, 0.4) is 0 Å². The lowest BCUT2D eigenvalue weighted by Gasteiger charge is -2.34. The molecule has 0 aromatic heterocycles. The molecule has 7 nitrogen and oxygen atoms in total.